The molecular weight excluding hydrogens is 678 g/mol. The first kappa shape index (κ1) is 30.1. The minimum atomic E-state index is -4.40. The molecule has 11 heteroatoms. The van der Waals surface area contributed by atoms with Crippen molar-refractivity contribution in [3.8, 4) is 12.0 Å². The zero-order valence-corrected chi connectivity index (χ0v) is 26.7. The Morgan fingerprint density at radius 1 is 1.09 bits per heavy atom. The zero-order chi connectivity index (χ0) is 31.3. The number of anilines is 1. The molecule has 1 saturated carbocycles. The molecule has 0 amide bonds. The number of hydrogen-bond donors (Lipinski definition) is 2. The fraction of sp³-hybridized carbons (Fsp3) is 0.333. The molecule has 3 N–H and O–H groups in total. The molecule has 3 heterocycles. The normalized spacial score (nSPS) is 15.2. The van der Waals surface area contributed by atoms with Crippen LogP contribution in [0.3, 0.4) is 0 Å². The van der Waals surface area contributed by atoms with E-state index in [2.05, 4.69) is 88.1 Å². The minimum absolute atomic E-state index is 0.00241. The van der Waals surface area contributed by atoms with E-state index in [0.29, 0.717) is 24.2 Å². The lowest BCUT2D eigenvalue weighted by Gasteiger charge is -2.22. The number of nitrogens with zero attached hydrogens (tertiary/aromatic N) is 5. The third kappa shape index (κ3) is 5.67. The molecule has 1 atom stereocenters. The van der Waals surface area contributed by atoms with Gasteiger partial charge in [0.1, 0.15) is 0 Å². The minimum Gasteiger partial charge on any atom is -0.383 e. The third-order valence-corrected chi connectivity index (χ3v) is 8.86. The summed E-state index contributed by atoms with van der Waals surface area (Å²) in [7, 11) is 0. The van der Waals surface area contributed by atoms with Gasteiger partial charge in [-0.2, -0.15) is 13.2 Å². The number of fused-ring (bicyclic) bond motifs is 2. The van der Waals surface area contributed by atoms with Gasteiger partial charge in [-0.1, -0.05) is 44.2 Å². The largest absolute Gasteiger partial charge is 0.413 e. The Morgan fingerprint density at radius 2 is 1.89 bits per heavy atom. The van der Waals surface area contributed by atoms with Gasteiger partial charge in [-0.25, -0.2) is 4.68 Å². The molecule has 5 aromatic rings. The summed E-state index contributed by atoms with van der Waals surface area (Å²) >= 11 is 2.28. The van der Waals surface area contributed by atoms with Crippen molar-refractivity contribution in [2.45, 2.75) is 57.7 Å². The van der Waals surface area contributed by atoms with E-state index in [-0.39, 0.29) is 24.2 Å². The summed E-state index contributed by atoms with van der Waals surface area (Å²) in [6, 6.07) is 16.3. The average Bonchev–Trinajstić information content (AvgIpc) is 3.66. The molecule has 0 aliphatic heterocycles. The predicted molar refractivity (Wildman–Crippen MR) is 174 cm³/mol. The first-order valence-electron chi connectivity index (χ1n) is 14.3. The van der Waals surface area contributed by atoms with Crippen molar-refractivity contribution in [1.29, 1.82) is 0 Å². The molecule has 2 aromatic carbocycles. The highest BCUT2D eigenvalue weighted by molar-refractivity contribution is 14.1. The molecule has 44 heavy (non-hydrogen) atoms. The molecular formula is C33H31F3IN7. The van der Waals surface area contributed by atoms with Crippen molar-refractivity contribution >= 4 is 50.1 Å². The fourth-order valence-electron chi connectivity index (χ4n) is 5.60. The van der Waals surface area contributed by atoms with Crippen LogP contribution in [-0.4, -0.2) is 37.7 Å². The van der Waals surface area contributed by atoms with Gasteiger partial charge in [-0.15, -0.1) is 5.10 Å². The van der Waals surface area contributed by atoms with Crippen molar-refractivity contribution in [3.63, 3.8) is 0 Å². The Balaban J connectivity index is 1.49. The van der Waals surface area contributed by atoms with Crippen LogP contribution in [-0.2, 0) is 12.0 Å². The standard InChI is InChI=1S/C33H31F3IN7/c1-31(2,3)19-41-29-21(9-12-38)17-40-30-25(29)15-20(16-26(30)37)14-24(22-6-4-8-27-23(22)7-5-13-39-27)28-18-44(43-42-28)32(10-11-32)33(34,35)36/h4-8,13,15-18,24H,10-11,14,19,38H2,1-3H3,(H,40,41)/t24-/m0/s1. The highest BCUT2D eigenvalue weighted by atomic mass is 127. The van der Waals surface area contributed by atoms with Crippen LogP contribution in [0.1, 0.15) is 61.9 Å². The lowest BCUT2D eigenvalue weighted by Crippen LogP contribution is -2.35. The number of hydrogen-bond acceptors (Lipinski definition) is 6. The van der Waals surface area contributed by atoms with Crippen LogP contribution in [0.2, 0.25) is 0 Å². The summed E-state index contributed by atoms with van der Waals surface area (Å²) in [5.41, 5.74) is 9.15. The van der Waals surface area contributed by atoms with Crippen LogP contribution in [0.5, 0.6) is 0 Å². The second-order valence-electron chi connectivity index (χ2n) is 12.5. The van der Waals surface area contributed by atoms with Crippen LogP contribution in [0, 0.1) is 20.9 Å². The van der Waals surface area contributed by atoms with Crippen LogP contribution < -0.4 is 11.1 Å². The number of benzene rings is 2. The number of nitrogens with one attached hydrogen (secondary N) is 1. The van der Waals surface area contributed by atoms with Crippen LogP contribution in [0.25, 0.3) is 21.8 Å². The summed E-state index contributed by atoms with van der Waals surface area (Å²) in [4.78, 5) is 9.21. The van der Waals surface area contributed by atoms with E-state index >= 15 is 0 Å². The monoisotopic (exact) mass is 709 g/mol. The molecule has 0 spiro atoms. The summed E-state index contributed by atoms with van der Waals surface area (Å²) in [5.74, 6) is 2.58. The zero-order valence-electron chi connectivity index (χ0n) is 24.5. The molecule has 0 bridgehead atoms. The quantitative estimate of drug-likeness (QED) is 0.106. The molecule has 1 fully saturated rings. The van der Waals surface area contributed by atoms with Crippen molar-refractivity contribution in [2.24, 2.45) is 11.1 Å². The molecule has 0 unspecified atom stereocenters. The van der Waals surface area contributed by atoms with Gasteiger partial charge in [0.05, 0.1) is 34.2 Å². The van der Waals surface area contributed by atoms with E-state index in [1.54, 1.807) is 12.4 Å². The SMILES string of the molecule is CC(C)(C)CNc1c(C#CN)cnc2c(I)cc(C[C@H](c3cn(C4(C(F)(F)F)CC4)nn3)c3cccc4ncccc34)cc12. The van der Waals surface area contributed by atoms with Crippen LogP contribution in [0.15, 0.2) is 61.1 Å². The topological polar surface area (TPSA) is 94.5 Å². The Bertz CT molecular complexity index is 1920. The Morgan fingerprint density at radius 3 is 2.59 bits per heavy atom. The Hall–Kier alpha value is -3.92. The summed E-state index contributed by atoms with van der Waals surface area (Å²) in [6.07, 6.45) is 0.978. The maximum Gasteiger partial charge on any atom is 0.413 e. The molecule has 0 radical (unpaired) electrons. The number of pyridine rings is 2. The third-order valence-electron chi connectivity index (χ3n) is 8.04. The highest BCUT2D eigenvalue weighted by Gasteiger charge is 2.66. The van der Waals surface area contributed by atoms with E-state index in [1.165, 1.54) is 6.20 Å². The Labute approximate surface area is 267 Å². The van der Waals surface area contributed by atoms with E-state index < -0.39 is 11.7 Å². The summed E-state index contributed by atoms with van der Waals surface area (Å²) < 4.78 is 43.9. The summed E-state index contributed by atoms with van der Waals surface area (Å²) in [6.45, 7) is 7.14. The van der Waals surface area contributed by atoms with Crippen LogP contribution >= 0.6 is 22.6 Å². The Kier molecular flexibility index (Phi) is 7.68. The van der Waals surface area contributed by atoms with E-state index in [0.717, 1.165) is 46.9 Å². The van der Waals surface area contributed by atoms with E-state index in [9.17, 15) is 13.2 Å². The smallest absolute Gasteiger partial charge is 0.383 e. The van der Waals surface area contributed by atoms with Crippen LogP contribution in [0.4, 0.5) is 18.9 Å². The van der Waals surface area contributed by atoms with Gasteiger partial charge in [0.15, 0.2) is 5.54 Å². The van der Waals surface area contributed by atoms with Gasteiger partial charge < -0.3 is 11.1 Å². The first-order valence-corrected chi connectivity index (χ1v) is 15.4. The summed E-state index contributed by atoms with van der Waals surface area (Å²) in [5, 5.41) is 13.8. The van der Waals surface area contributed by atoms with Gasteiger partial charge >= 0.3 is 6.18 Å². The maximum absolute atomic E-state index is 14.0. The van der Waals surface area contributed by atoms with Crippen molar-refractivity contribution in [3.05, 3.63) is 87.0 Å². The maximum atomic E-state index is 14.0. The van der Waals surface area contributed by atoms with Crippen molar-refractivity contribution < 1.29 is 13.2 Å². The average molecular weight is 710 g/mol. The number of aromatic nitrogens is 5. The second-order valence-corrected chi connectivity index (χ2v) is 13.7. The molecule has 7 nitrogen and oxygen atoms in total. The van der Waals surface area contributed by atoms with Crippen molar-refractivity contribution in [1.82, 2.24) is 25.0 Å². The molecule has 226 valence electrons. The molecule has 0 saturated heterocycles. The fourth-order valence-corrected chi connectivity index (χ4v) is 6.43. The number of halogens is 4. The molecule has 6 rings (SSSR count). The number of rotatable bonds is 7. The van der Waals surface area contributed by atoms with E-state index in [1.807, 2.05) is 30.3 Å². The highest BCUT2D eigenvalue weighted by Crippen LogP contribution is 2.55. The molecule has 3 aromatic heterocycles. The molecule has 1 aliphatic carbocycles. The first-order chi connectivity index (χ1) is 20.9. The second kappa shape index (κ2) is 11.2. The number of alkyl halides is 3. The van der Waals surface area contributed by atoms with E-state index in [4.69, 9.17) is 10.7 Å². The van der Waals surface area contributed by atoms with Gasteiger partial charge in [-0.05, 0) is 88.6 Å². The number of nitrogens with two attached hydrogens (primary N) is 1. The van der Waals surface area contributed by atoms with Gasteiger partial charge in [-0.3, -0.25) is 9.97 Å². The molecule has 1 aliphatic rings. The predicted octanol–water partition coefficient (Wildman–Crippen LogP) is 7.13. The van der Waals surface area contributed by atoms with Crippen molar-refractivity contribution in [2.75, 3.05) is 11.9 Å². The van der Waals surface area contributed by atoms with Gasteiger partial charge in [0, 0.05) is 45.2 Å². The van der Waals surface area contributed by atoms with Gasteiger partial charge in [0.2, 0.25) is 0 Å². The van der Waals surface area contributed by atoms with Gasteiger partial charge in [0.25, 0.3) is 0 Å². The lowest BCUT2D eigenvalue weighted by molar-refractivity contribution is -0.182. The lowest BCUT2D eigenvalue weighted by atomic mass is 9.86.